The number of rotatable bonds is 4. The minimum Gasteiger partial charge on any atom is -0.352 e. The Balaban J connectivity index is 2.82. The Kier molecular flexibility index (Phi) is 5.22. The van der Waals surface area contributed by atoms with Crippen LogP contribution in [0, 0.1) is 5.82 Å². The SMILES string of the molecule is CCCCNC(=O)c1cc(F)cc(Br)c1Cl. The summed E-state index contributed by atoms with van der Waals surface area (Å²) in [5.41, 5.74) is 0.157. The summed E-state index contributed by atoms with van der Waals surface area (Å²) >= 11 is 8.99. The molecule has 0 heterocycles. The number of nitrogens with one attached hydrogen (secondary N) is 1. The molecule has 0 atom stereocenters. The highest BCUT2D eigenvalue weighted by molar-refractivity contribution is 9.10. The summed E-state index contributed by atoms with van der Waals surface area (Å²) in [6.45, 7) is 2.59. The molecule has 16 heavy (non-hydrogen) atoms. The fraction of sp³-hybridized carbons (Fsp3) is 0.364. The second-order valence-corrected chi connectivity index (χ2v) is 4.59. The van der Waals surface area contributed by atoms with Gasteiger partial charge in [-0.3, -0.25) is 4.79 Å². The van der Waals surface area contributed by atoms with E-state index in [4.69, 9.17) is 11.6 Å². The number of hydrogen-bond acceptors (Lipinski definition) is 1. The molecule has 0 saturated heterocycles. The topological polar surface area (TPSA) is 29.1 Å². The molecule has 1 aromatic rings. The first-order chi connectivity index (χ1) is 7.56. The zero-order valence-corrected chi connectivity index (χ0v) is 11.2. The van der Waals surface area contributed by atoms with E-state index in [1.807, 2.05) is 6.92 Å². The fourth-order valence-electron chi connectivity index (χ4n) is 1.20. The number of carbonyl (C=O) groups is 1. The highest BCUT2D eigenvalue weighted by Gasteiger charge is 2.14. The van der Waals surface area contributed by atoms with Crippen LogP contribution >= 0.6 is 27.5 Å². The third kappa shape index (κ3) is 3.46. The first-order valence-electron chi connectivity index (χ1n) is 4.99. The van der Waals surface area contributed by atoms with Gasteiger partial charge in [0, 0.05) is 11.0 Å². The molecule has 1 amide bonds. The van der Waals surface area contributed by atoms with Crippen LogP contribution < -0.4 is 5.32 Å². The molecule has 0 spiro atoms. The van der Waals surface area contributed by atoms with E-state index < -0.39 is 5.82 Å². The highest BCUT2D eigenvalue weighted by Crippen LogP contribution is 2.27. The van der Waals surface area contributed by atoms with Gasteiger partial charge < -0.3 is 5.32 Å². The lowest BCUT2D eigenvalue weighted by Crippen LogP contribution is -2.24. The van der Waals surface area contributed by atoms with E-state index in [1.54, 1.807) is 0 Å². The molecular formula is C11H12BrClFNO. The van der Waals surface area contributed by atoms with Crippen LogP contribution in [0.25, 0.3) is 0 Å². The summed E-state index contributed by atoms with van der Waals surface area (Å²) < 4.78 is 13.5. The molecule has 0 fully saturated rings. The Hall–Kier alpha value is -0.610. The molecule has 0 aliphatic carbocycles. The Labute approximate surface area is 107 Å². The van der Waals surface area contributed by atoms with E-state index in [0.29, 0.717) is 11.0 Å². The largest absolute Gasteiger partial charge is 0.352 e. The molecule has 0 unspecified atom stereocenters. The van der Waals surface area contributed by atoms with E-state index in [2.05, 4.69) is 21.2 Å². The maximum atomic E-state index is 13.1. The van der Waals surface area contributed by atoms with Crippen molar-refractivity contribution in [1.82, 2.24) is 5.32 Å². The predicted molar refractivity (Wildman–Crippen MR) is 66.4 cm³/mol. The van der Waals surface area contributed by atoms with E-state index >= 15 is 0 Å². The first-order valence-corrected chi connectivity index (χ1v) is 6.16. The van der Waals surface area contributed by atoms with E-state index in [9.17, 15) is 9.18 Å². The Morgan fingerprint density at radius 3 is 2.88 bits per heavy atom. The van der Waals surface area contributed by atoms with E-state index in [-0.39, 0.29) is 16.5 Å². The van der Waals surface area contributed by atoms with Crippen molar-refractivity contribution in [2.24, 2.45) is 0 Å². The Bertz CT molecular complexity index is 398. The Morgan fingerprint density at radius 2 is 2.25 bits per heavy atom. The third-order valence-electron chi connectivity index (χ3n) is 2.05. The van der Waals surface area contributed by atoms with Crippen molar-refractivity contribution >= 4 is 33.4 Å². The molecule has 0 bridgehead atoms. The zero-order chi connectivity index (χ0) is 12.1. The van der Waals surface area contributed by atoms with Crippen LogP contribution in [-0.4, -0.2) is 12.5 Å². The molecule has 2 nitrogen and oxygen atoms in total. The van der Waals surface area contributed by atoms with Crippen LogP contribution in [-0.2, 0) is 0 Å². The molecule has 0 aliphatic rings. The van der Waals surface area contributed by atoms with Crippen molar-refractivity contribution in [3.05, 3.63) is 33.0 Å². The average Bonchev–Trinajstić information content (AvgIpc) is 2.23. The minimum absolute atomic E-state index is 0.157. The van der Waals surface area contributed by atoms with Crippen LogP contribution in [0.5, 0.6) is 0 Å². The van der Waals surface area contributed by atoms with Crippen LogP contribution in [0.1, 0.15) is 30.1 Å². The normalized spacial score (nSPS) is 10.2. The molecular weight excluding hydrogens is 296 g/mol. The van der Waals surface area contributed by atoms with E-state index in [0.717, 1.165) is 18.9 Å². The van der Waals surface area contributed by atoms with Crippen molar-refractivity contribution in [1.29, 1.82) is 0 Å². The van der Waals surface area contributed by atoms with Gasteiger partial charge in [-0.05, 0) is 34.5 Å². The number of halogens is 3. The van der Waals surface area contributed by atoms with E-state index in [1.165, 1.54) is 6.07 Å². The van der Waals surface area contributed by atoms with Crippen molar-refractivity contribution < 1.29 is 9.18 Å². The monoisotopic (exact) mass is 307 g/mol. The Morgan fingerprint density at radius 1 is 1.56 bits per heavy atom. The van der Waals surface area contributed by atoms with Crippen molar-refractivity contribution in [3.8, 4) is 0 Å². The second-order valence-electron chi connectivity index (χ2n) is 3.36. The average molecular weight is 309 g/mol. The van der Waals surface area contributed by atoms with Crippen molar-refractivity contribution in [2.75, 3.05) is 6.54 Å². The number of amides is 1. The molecule has 1 rings (SSSR count). The van der Waals surface area contributed by atoms with Gasteiger partial charge in [0.2, 0.25) is 0 Å². The van der Waals surface area contributed by atoms with Crippen molar-refractivity contribution in [2.45, 2.75) is 19.8 Å². The van der Waals surface area contributed by atoms with Gasteiger partial charge in [-0.2, -0.15) is 0 Å². The summed E-state index contributed by atoms with van der Waals surface area (Å²) in [6.07, 6.45) is 1.88. The van der Waals surface area contributed by atoms with Crippen molar-refractivity contribution in [3.63, 3.8) is 0 Å². The summed E-state index contributed by atoms with van der Waals surface area (Å²) in [5, 5.41) is 2.92. The van der Waals surface area contributed by atoms with Gasteiger partial charge >= 0.3 is 0 Å². The molecule has 1 aromatic carbocycles. The number of unbranched alkanes of at least 4 members (excludes halogenated alkanes) is 1. The molecule has 88 valence electrons. The number of hydrogen-bond donors (Lipinski definition) is 1. The maximum Gasteiger partial charge on any atom is 0.252 e. The van der Waals surface area contributed by atoms with Crippen LogP contribution in [0.4, 0.5) is 4.39 Å². The molecule has 0 aliphatic heterocycles. The van der Waals surface area contributed by atoms with Gasteiger partial charge in [0.15, 0.2) is 0 Å². The zero-order valence-electron chi connectivity index (χ0n) is 8.82. The summed E-state index contributed by atoms with van der Waals surface area (Å²) in [6, 6.07) is 2.36. The summed E-state index contributed by atoms with van der Waals surface area (Å²) in [4.78, 5) is 11.7. The smallest absolute Gasteiger partial charge is 0.252 e. The lowest BCUT2D eigenvalue weighted by Gasteiger charge is -2.07. The van der Waals surface area contributed by atoms with Gasteiger partial charge in [0.05, 0.1) is 10.6 Å². The number of carbonyl (C=O) groups excluding carboxylic acids is 1. The third-order valence-corrected chi connectivity index (χ3v) is 3.31. The minimum atomic E-state index is -0.489. The predicted octanol–water partition coefficient (Wildman–Crippen LogP) is 3.77. The van der Waals surface area contributed by atoms with Crippen LogP contribution in [0.2, 0.25) is 5.02 Å². The van der Waals surface area contributed by atoms with Crippen LogP contribution in [0.3, 0.4) is 0 Å². The van der Waals surface area contributed by atoms with Gasteiger partial charge in [-0.1, -0.05) is 24.9 Å². The standard InChI is InChI=1S/C11H12BrClFNO/c1-2-3-4-15-11(16)8-5-7(14)6-9(12)10(8)13/h5-6H,2-4H2,1H3,(H,15,16). The molecule has 1 N–H and O–H groups in total. The lowest BCUT2D eigenvalue weighted by atomic mass is 10.2. The quantitative estimate of drug-likeness (QED) is 0.666. The first kappa shape index (κ1) is 13.5. The molecule has 0 aromatic heterocycles. The lowest BCUT2D eigenvalue weighted by molar-refractivity contribution is 0.0953. The maximum absolute atomic E-state index is 13.1. The highest BCUT2D eigenvalue weighted by atomic mass is 79.9. The van der Waals surface area contributed by atoms with Gasteiger partial charge in [0.25, 0.3) is 5.91 Å². The van der Waals surface area contributed by atoms with Crippen LogP contribution in [0.15, 0.2) is 16.6 Å². The number of benzene rings is 1. The van der Waals surface area contributed by atoms with Gasteiger partial charge in [-0.25, -0.2) is 4.39 Å². The fourth-order valence-corrected chi connectivity index (χ4v) is 1.82. The summed E-state index contributed by atoms with van der Waals surface area (Å²) in [7, 11) is 0. The second kappa shape index (κ2) is 6.21. The summed E-state index contributed by atoms with van der Waals surface area (Å²) in [5.74, 6) is -0.837. The van der Waals surface area contributed by atoms with Gasteiger partial charge in [-0.15, -0.1) is 0 Å². The molecule has 0 radical (unpaired) electrons. The van der Waals surface area contributed by atoms with Gasteiger partial charge in [0.1, 0.15) is 5.82 Å². The molecule has 5 heteroatoms. The molecule has 0 saturated carbocycles.